The molecule has 23 heavy (non-hydrogen) atoms. The molecule has 0 unspecified atom stereocenters. The normalized spacial score (nSPS) is 17.2. The number of hydrogen-bond donors (Lipinski definition) is 2. The van der Waals surface area contributed by atoms with Gasteiger partial charge in [0.2, 0.25) is 0 Å². The van der Waals surface area contributed by atoms with Gasteiger partial charge >= 0.3 is 5.97 Å². The summed E-state index contributed by atoms with van der Waals surface area (Å²) >= 11 is 5.22. The van der Waals surface area contributed by atoms with Gasteiger partial charge in [-0.2, -0.15) is 0 Å². The highest BCUT2D eigenvalue weighted by molar-refractivity contribution is 7.80. The molecule has 1 atom stereocenters. The fraction of sp³-hybridized carbons (Fsp3) is 0.375. The van der Waals surface area contributed by atoms with Crippen LogP contribution in [0.4, 0.5) is 0 Å². The molecule has 1 aliphatic rings. The third-order valence-electron chi connectivity index (χ3n) is 3.51. The Morgan fingerprint density at radius 1 is 1.30 bits per heavy atom. The first kappa shape index (κ1) is 17.1. The number of para-hydroxylation sites is 1. The molecule has 0 spiro atoms. The largest absolute Gasteiger partial charge is 0.493 e. The van der Waals surface area contributed by atoms with Crippen molar-refractivity contribution in [3.05, 3.63) is 35.0 Å². The van der Waals surface area contributed by atoms with E-state index in [2.05, 4.69) is 10.6 Å². The van der Waals surface area contributed by atoms with Crippen molar-refractivity contribution in [2.24, 2.45) is 0 Å². The molecule has 0 aromatic heterocycles. The van der Waals surface area contributed by atoms with Crippen LogP contribution in [0.5, 0.6) is 11.5 Å². The first-order valence-corrected chi connectivity index (χ1v) is 7.60. The van der Waals surface area contributed by atoms with Crippen molar-refractivity contribution < 1.29 is 19.0 Å². The highest BCUT2D eigenvalue weighted by Gasteiger charge is 2.33. The summed E-state index contributed by atoms with van der Waals surface area (Å²) in [6.07, 6.45) is 0. The summed E-state index contributed by atoms with van der Waals surface area (Å²) in [5.41, 5.74) is 1.87. The standard InChI is InChI=1S/C16H20N2O4S/c1-5-22-15(19)12-9(2)17-16(23)18-13(12)10-7-6-8-11(20-3)14(10)21-4/h6-8,13H,5H2,1-4H3,(H2,17,18,23)/t13-/m0/s1. The van der Waals surface area contributed by atoms with Gasteiger partial charge in [-0.05, 0) is 32.1 Å². The van der Waals surface area contributed by atoms with Crippen LogP contribution in [-0.2, 0) is 9.53 Å². The van der Waals surface area contributed by atoms with E-state index in [1.165, 1.54) is 0 Å². The van der Waals surface area contributed by atoms with Crippen LogP contribution >= 0.6 is 12.2 Å². The monoisotopic (exact) mass is 336 g/mol. The van der Waals surface area contributed by atoms with E-state index in [-0.39, 0.29) is 0 Å². The number of hydrogen-bond acceptors (Lipinski definition) is 5. The molecule has 0 bridgehead atoms. The van der Waals surface area contributed by atoms with Crippen LogP contribution in [0.2, 0.25) is 0 Å². The van der Waals surface area contributed by atoms with Crippen molar-refractivity contribution in [2.45, 2.75) is 19.9 Å². The van der Waals surface area contributed by atoms with Gasteiger partial charge in [0, 0.05) is 11.3 Å². The minimum absolute atomic E-state index is 0.294. The first-order chi connectivity index (χ1) is 11.0. The molecule has 0 amide bonds. The molecule has 0 radical (unpaired) electrons. The number of thiocarbonyl (C=S) groups is 1. The van der Waals surface area contributed by atoms with Crippen LogP contribution in [0.15, 0.2) is 29.5 Å². The highest BCUT2D eigenvalue weighted by atomic mass is 32.1. The first-order valence-electron chi connectivity index (χ1n) is 7.19. The third-order valence-corrected chi connectivity index (χ3v) is 3.73. The minimum Gasteiger partial charge on any atom is -0.493 e. The lowest BCUT2D eigenvalue weighted by Gasteiger charge is -2.30. The van der Waals surface area contributed by atoms with Gasteiger partial charge in [0.15, 0.2) is 16.6 Å². The maximum absolute atomic E-state index is 12.4. The van der Waals surface area contributed by atoms with Crippen LogP contribution in [0.3, 0.4) is 0 Å². The average molecular weight is 336 g/mol. The number of methoxy groups -OCH3 is 2. The smallest absolute Gasteiger partial charge is 0.338 e. The molecule has 0 saturated carbocycles. The van der Waals surface area contributed by atoms with Gasteiger partial charge in [-0.3, -0.25) is 0 Å². The molecule has 0 aliphatic carbocycles. The Kier molecular flexibility index (Phi) is 5.44. The zero-order chi connectivity index (χ0) is 17.0. The maximum atomic E-state index is 12.4. The number of benzene rings is 1. The van der Waals surface area contributed by atoms with Crippen molar-refractivity contribution in [3.63, 3.8) is 0 Å². The molecule has 6 nitrogen and oxygen atoms in total. The summed E-state index contributed by atoms with van der Waals surface area (Å²) in [7, 11) is 3.12. The highest BCUT2D eigenvalue weighted by Crippen LogP contribution is 2.38. The summed E-state index contributed by atoms with van der Waals surface area (Å²) in [6.45, 7) is 3.85. The molecular weight excluding hydrogens is 316 g/mol. The van der Waals surface area contributed by atoms with E-state index in [9.17, 15) is 4.79 Å². The fourth-order valence-electron chi connectivity index (χ4n) is 2.55. The quantitative estimate of drug-likeness (QED) is 0.630. The molecule has 1 aliphatic heterocycles. The van der Waals surface area contributed by atoms with E-state index in [1.54, 1.807) is 34.1 Å². The van der Waals surface area contributed by atoms with Gasteiger partial charge in [-0.15, -0.1) is 0 Å². The van der Waals surface area contributed by atoms with Gasteiger partial charge in [0.05, 0.1) is 32.4 Å². The average Bonchev–Trinajstić information content (AvgIpc) is 2.53. The van der Waals surface area contributed by atoms with Crippen molar-refractivity contribution in [3.8, 4) is 11.5 Å². The lowest BCUT2D eigenvalue weighted by atomic mass is 9.94. The molecule has 7 heteroatoms. The number of ether oxygens (including phenoxy) is 3. The predicted molar refractivity (Wildman–Crippen MR) is 90.5 cm³/mol. The van der Waals surface area contributed by atoms with Gasteiger partial charge in [0.1, 0.15) is 0 Å². The maximum Gasteiger partial charge on any atom is 0.338 e. The van der Waals surface area contributed by atoms with E-state index in [4.69, 9.17) is 26.4 Å². The SMILES string of the molecule is CCOC(=O)C1=C(C)NC(=S)N[C@H]1c1cccc(OC)c1OC. The molecule has 1 aromatic carbocycles. The van der Waals surface area contributed by atoms with E-state index in [0.29, 0.717) is 34.5 Å². The van der Waals surface area contributed by atoms with E-state index < -0.39 is 12.0 Å². The van der Waals surface area contributed by atoms with Crippen molar-refractivity contribution in [1.82, 2.24) is 10.6 Å². The minimum atomic E-state index is -0.479. The zero-order valence-corrected chi connectivity index (χ0v) is 14.4. The Labute approximate surface area is 140 Å². The lowest BCUT2D eigenvalue weighted by molar-refractivity contribution is -0.139. The summed E-state index contributed by atoms with van der Waals surface area (Å²) in [6, 6.07) is 5.01. The van der Waals surface area contributed by atoms with Gasteiger partial charge in [0.25, 0.3) is 0 Å². The molecule has 0 fully saturated rings. The number of carbonyl (C=O) groups excluding carboxylic acids is 1. The van der Waals surface area contributed by atoms with Crippen LogP contribution in [0, 0.1) is 0 Å². The number of carbonyl (C=O) groups is 1. The van der Waals surface area contributed by atoms with Crippen molar-refractivity contribution in [2.75, 3.05) is 20.8 Å². The molecule has 1 heterocycles. The van der Waals surface area contributed by atoms with Crippen LogP contribution in [0.1, 0.15) is 25.5 Å². The second-order valence-electron chi connectivity index (χ2n) is 4.87. The van der Waals surface area contributed by atoms with Gasteiger partial charge in [-0.25, -0.2) is 4.79 Å². The second kappa shape index (κ2) is 7.32. The number of esters is 1. The molecule has 1 aromatic rings. The summed E-state index contributed by atoms with van der Waals surface area (Å²) in [5.74, 6) is 0.728. The molecule has 2 rings (SSSR count). The van der Waals surface area contributed by atoms with Crippen molar-refractivity contribution >= 4 is 23.3 Å². The molecule has 0 saturated heterocycles. The summed E-state index contributed by atoms with van der Waals surface area (Å²) < 4.78 is 16.0. The molecule has 2 N–H and O–H groups in total. The Morgan fingerprint density at radius 2 is 2.04 bits per heavy atom. The number of allylic oxidation sites excluding steroid dienone is 1. The summed E-state index contributed by atoms with van der Waals surface area (Å²) in [4.78, 5) is 12.4. The zero-order valence-electron chi connectivity index (χ0n) is 13.6. The van der Waals surface area contributed by atoms with Gasteiger partial charge in [-0.1, -0.05) is 12.1 Å². The lowest BCUT2D eigenvalue weighted by Crippen LogP contribution is -2.45. The van der Waals surface area contributed by atoms with E-state index >= 15 is 0 Å². The second-order valence-corrected chi connectivity index (χ2v) is 5.28. The predicted octanol–water partition coefficient (Wildman–Crippen LogP) is 2.06. The number of nitrogens with one attached hydrogen (secondary N) is 2. The van der Waals surface area contributed by atoms with Crippen molar-refractivity contribution in [1.29, 1.82) is 0 Å². The Morgan fingerprint density at radius 3 is 2.65 bits per heavy atom. The van der Waals surface area contributed by atoms with Gasteiger partial charge < -0.3 is 24.8 Å². The Balaban J connectivity index is 2.57. The topological polar surface area (TPSA) is 68.8 Å². The molecular formula is C16H20N2O4S. The Hall–Kier alpha value is -2.28. The van der Waals surface area contributed by atoms with E-state index in [1.807, 2.05) is 12.1 Å². The fourth-order valence-corrected chi connectivity index (χ4v) is 2.82. The third kappa shape index (κ3) is 3.39. The van der Waals surface area contributed by atoms with Crippen LogP contribution in [0.25, 0.3) is 0 Å². The summed E-state index contributed by atoms with van der Waals surface area (Å²) in [5, 5.41) is 6.50. The van der Waals surface area contributed by atoms with Crippen LogP contribution in [-0.4, -0.2) is 31.9 Å². The van der Waals surface area contributed by atoms with Crippen LogP contribution < -0.4 is 20.1 Å². The van der Waals surface area contributed by atoms with E-state index in [0.717, 1.165) is 5.56 Å². The number of rotatable bonds is 5. The Bertz CT molecular complexity index is 657. The molecule has 124 valence electrons.